The molecular weight excluding hydrogens is 578 g/mol. The van der Waals surface area contributed by atoms with E-state index in [4.69, 9.17) is 9.47 Å². The molecule has 244 valence electrons. The third kappa shape index (κ3) is 12.0. The third-order valence-corrected chi connectivity index (χ3v) is 7.47. The van der Waals surface area contributed by atoms with Gasteiger partial charge >= 0.3 is 0 Å². The number of carbonyl (C=O) groups excluding carboxylic acids is 5. The van der Waals surface area contributed by atoms with Gasteiger partial charge in [-0.15, -0.1) is 0 Å². The van der Waals surface area contributed by atoms with Crippen LogP contribution in [-0.4, -0.2) is 92.4 Å². The average molecular weight is 624 g/mol. The zero-order chi connectivity index (χ0) is 32.6. The summed E-state index contributed by atoms with van der Waals surface area (Å²) in [5.41, 5.74) is 1.57. The lowest BCUT2D eigenvalue weighted by Gasteiger charge is -2.27. The minimum absolute atomic E-state index is 0.102. The van der Waals surface area contributed by atoms with Crippen LogP contribution < -0.4 is 26.0 Å². The van der Waals surface area contributed by atoms with Gasteiger partial charge in [0.15, 0.2) is 0 Å². The van der Waals surface area contributed by atoms with Crippen LogP contribution in [0, 0.1) is 0 Å². The molecule has 0 spiro atoms. The maximum atomic E-state index is 13.7. The second-order valence-electron chi connectivity index (χ2n) is 11.0. The highest BCUT2D eigenvalue weighted by Gasteiger charge is 2.31. The van der Waals surface area contributed by atoms with E-state index in [9.17, 15) is 24.0 Å². The lowest BCUT2D eigenvalue weighted by atomic mass is 10.0. The summed E-state index contributed by atoms with van der Waals surface area (Å²) in [7, 11) is 1.55. The van der Waals surface area contributed by atoms with Gasteiger partial charge in [0.1, 0.15) is 17.8 Å². The Balaban J connectivity index is 1.69. The first kappa shape index (κ1) is 35.2. The molecule has 2 aromatic carbocycles. The number of Topliss-reactive ketones (excluding diaryl/α,β-unsaturated/α-hetero) is 1. The van der Waals surface area contributed by atoms with E-state index in [2.05, 4.69) is 21.3 Å². The van der Waals surface area contributed by atoms with Crippen molar-refractivity contribution < 1.29 is 33.4 Å². The molecule has 12 nitrogen and oxygen atoms in total. The molecule has 45 heavy (non-hydrogen) atoms. The molecule has 4 N–H and O–H groups in total. The summed E-state index contributed by atoms with van der Waals surface area (Å²) < 4.78 is 10.5. The van der Waals surface area contributed by atoms with Crippen LogP contribution in [0.1, 0.15) is 44.2 Å². The molecule has 0 bridgehead atoms. The van der Waals surface area contributed by atoms with E-state index >= 15 is 0 Å². The molecule has 0 unspecified atom stereocenters. The van der Waals surface area contributed by atoms with Crippen LogP contribution >= 0.6 is 0 Å². The molecule has 12 heteroatoms. The quantitative estimate of drug-likeness (QED) is 0.191. The molecule has 3 rings (SSSR count). The van der Waals surface area contributed by atoms with Gasteiger partial charge in [-0.05, 0) is 36.6 Å². The zero-order valence-electron chi connectivity index (χ0n) is 26.3. The Morgan fingerprint density at radius 3 is 2.18 bits per heavy atom. The van der Waals surface area contributed by atoms with Crippen molar-refractivity contribution in [2.75, 3.05) is 40.0 Å². The smallest absolute Gasteiger partial charge is 0.289 e. The van der Waals surface area contributed by atoms with Gasteiger partial charge in [-0.2, -0.15) is 0 Å². The largest absolute Gasteiger partial charge is 0.497 e. The number of morpholine rings is 1. The van der Waals surface area contributed by atoms with E-state index in [1.165, 1.54) is 0 Å². The van der Waals surface area contributed by atoms with Crippen LogP contribution in [-0.2, 0) is 41.7 Å². The van der Waals surface area contributed by atoms with Crippen molar-refractivity contribution in [2.45, 2.75) is 64.2 Å². The van der Waals surface area contributed by atoms with Crippen LogP contribution in [0.4, 0.5) is 0 Å². The molecular formula is C33H45N5O7. The van der Waals surface area contributed by atoms with E-state index in [1.807, 2.05) is 42.2 Å². The molecule has 1 aliphatic heterocycles. The minimum Gasteiger partial charge on any atom is -0.497 e. The molecule has 2 aromatic rings. The number of methoxy groups -OCH3 is 1. The summed E-state index contributed by atoms with van der Waals surface area (Å²) in [6.45, 7) is 6.12. The topological polar surface area (TPSA) is 155 Å². The second-order valence-corrected chi connectivity index (χ2v) is 11.0. The second kappa shape index (κ2) is 18.5. The standard InChI is InChI=1S/C33H45N5O7/c1-4-5-11-27(30(40)33(43)34-21-25-9-7-6-8-10-25)36-32(42)28(20-24-12-14-26(44-3)15-13-24)37-31(41)23(2)35-29(39)22-38-16-18-45-19-17-38/h6-10,12-15,23,27-28H,4-5,11,16-22H2,1-3H3,(H,34,43)(H,35,39)(H,36,42)(H,37,41)/t23-,27-,28-/m0/s1. The Bertz CT molecular complexity index is 1270. The van der Waals surface area contributed by atoms with Crippen LogP contribution in [0.25, 0.3) is 0 Å². The van der Waals surface area contributed by atoms with Gasteiger partial charge in [-0.1, -0.05) is 62.2 Å². The van der Waals surface area contributed by atoms with Crippen LogP contribution in [0.3, 0.4) is 0 Å². The number of ketones is 1. The molecule has 3 atom stereocenters. The van der Waals surface area contributed by atoms with Crippen molar-refractivity contribution in [2.24, 2.45) is 0 Å². The summed E-state index contributed by atoms with van der Waals surface area (Å²) in [6, 6.07) is 13.1. The SMILES string of the molecule is CCCC[C@H](NC(=O)[C@H](Cc1ccc(OC)cc1)NC(=O)[C@H](C)NC(=O)CN1CCOCC1)C(=O)C(=O)NCc1ccccc1. The van der Waals surface area contributed by atoms with Crippen molar-refractivity contribution in [3.05, 3.63) is 65.7 Å². The van der Waals surface area contributed by atoms with Gasteiger partial charge in [0.05, 0.1) is 32.9 Å². The Morgan fingerprint density at radius 1 is 0.867 bits per heavy atom. The fourth-order valence-electron chi connectivity index (χ4n) is 4.79. The van der Waals surface area contributed by atoms with Crippen molar-refractivity contribution in [3.63, 3.8) is 0 Å². The van der Waals surface area contributed by atoms with E-state index in [0.29, 0.717) is 38.5 Å². The van der Waals surface area contributed by atoms with E-state index in [1.54, 1.807) is 38.3 Å². The number of rotatable bonds is 17. The molecule has 0 aliphatic carbocycles. The first-order valence-corrected chi connectivity index (χ1v) is 15.4. The normalized spacial score (nSPS) is 15.2. The molecule has 1 fully saturated rings. The number of amides is 4. The number of hydrogen-bond donors (Lipinski definition) is 4. The maximum absolute atomic E-state index is 13.7. The maximum Gasteiger partial charge on any atom is 0.289 e. The monoisotopic (exact) mass is 623 g/mol. The summed E-state index contributed by atoms with van der Waals surface area (Å²) in [4.78, 5) is 67.4. The lowest BCUT2D eigenvalue weighted by Crippen LogP contribution is -2.57. The van der Waals surface area contributed by atoms with E-state index in [-0.39, 0.29) is 31.8 Å². The van der Waals surface area contributed by atoms with E-state index < -0.39 is 41.6 Å². The first-order chi connectivity index (χ1) is 21.7. The highest BCUT2D eigenvalue weighted by Crippen LogP contribution is 2.14. The molecule has 4 amide bonds. The van der Waals surface area contributed by atoms with E-state index in [0.717, 1.165) is 17.5 Å². The van der Waals surface area contributed by atoms with Gasteiger partial charge in [0.25, 0.3) is 5.91 Å². The highest BCUT2D eigenvalue weighted by molar-refractivity contribution is 6.38. The Kier molecular flexibility index (Phi) is 14.5. The summed E-state index contributed by atoms with van der Waals surface area (Å²) in [5.74, 6) is -2.42. The molecule has 1 saturated heterocycles. The van der Waals surface area contributed by atoms with Crippen molar-refractivity contribution in [3.8, 4) is 5.75 Å². The van der Waals surface area contributed by atoms with Crippen LogP contribution in [0.15, 0.2) is 54.6 Å². The number of nitrogens with one attached hydrogen (secondary N) is 4. The third-order valence-electron chi connectivity index (χ3n) is 7.47. The molecule has 0 saturated carbocycles. The van der Waals surface area contributed by atoms with Gasteiger partial charge in [-0.25, -0.2) is 0 Å². The lowest BCUT2D eigenvalue weighted by molar-refractivity contribution is -0.140. The Morgan fingerprint density at radius 2 is 1.53 bits per heavy atom. The summed E-state index contributed by atoms with van der Waals surface area (Å²) in [5, 5.41) is 10.8. The van der Waals surface area contributed by atoms with Crippen LogP contribution in [0.5, 0.6) is 5.75 Å². The molecule has 0 radical (unpaired) electrons. The average Bonchev–Trinajstić information content (AvgIpc) is 3.05. The van der Waals surface area contributed by atoms with Gasteiger partial charge < -0.3 is 30.7 Å². The van der Waals surface area contributed by atoms with Crippen molar-refractivity contribution in [1.82, 2.24) is 26.2 Å². The number of carbonyl (C=O) groups is 5. The number of unbranched alkanes of at least 4 members (excludes halogenated alkanes) is 1. The number of benzene rings is 2. The summed E-state index contributed by atoms with van der Waals surface area (Å²) in [6.07, 6.45) is 1.71. The van der Waals surface area contributed by atoms with Gasteiger partial charge in [0, 0.05) is 26.1 Å². The molecule has 0 aromatic heterocycles. The predicted octanol–water partition coefficient (Wildman–Crippen LogP) is 1.12. The number of hydrogen-bond acceptors (Lipinski definition) is 8. The Labute approximate surface area is 264 Å². The van der Waals surface area contributed by atoms with Gasteiger partial charge in [-0.3, -0.25) is 28.9 Å². The minimum atomic E-state index is -1.09. The molecule has 1 aliphatic rings. The number of ether oxygens (including phenoxy) is 2. The summed E-state index contributed by atoms with van der Waals surface area (Å²) >= 11 is 0. The van der Waals surface area contributed by atoms with Crippen molar-refractivity contribution in [1.29, 1.82) is 0 Å². The van der Waals surface area contributed by atoms with Crippen molar-refractivity contribution >= 4 is 29.4 Å². The predicted molar refractivity (Wildman–Crippen MR) is 168 cm³/mol. The number of nitrogens with zero attached hydrogens (tertiary/aromatic N) is 1. The van der Waals surface area contributed by atoms with Gasteiger partial charge in [0.2, 0.25) is 23.5 Å². The first-order valence-electron chi connectivity index (χ1n) is 15.4. The zero-order valence-corrected chi connectivity index (χ0v) is 26.3. The molecule has 1 heterocycles. The highest BCUT2D eigenvalue weighted by atomic mass is 16.5. The van der Waals surface area contributed by atoms with Crippen LogP contribution in [0.2, 0.25) is 0 Å². The fraction of sp³-hybridized carbons (Fsp3) is 0.485. The fourth-order valence-corrected chi connectivity index (χ4v) is 4.79. The Hall–Kier alpha value is -4.29.